The Morgan fingerprint density at radius 2 is 0.912 bits per heavy atom. The molecule has 0 aliphatic carbocycles. The van der Waals surface area contributed by atoms with Crippen LogP contribution in [0.5, 0.6) is 0 Å². The number of aromatic nitrogens is 3. The van der Waals surface area contributed by atoms with Gasteiger partial charge in [-0.2, -0.15) is 0 Å². The molecular weight excluding hydrogens is 735 g/mol. The molecule has 0 bridgehead atoms. The van der Waals surface area contributed by atoms with Gasteiger partial charge < -0.3 is 4.42 Å². The van der Waals surface area contributed by atoms with E-state index >= 15 is 0 Å². The van der Waals surface area contributed by atoms with Crippen molar-refractivity contribution in [2.24, 2.45) is 0 Å². The van der Waals surface area contributed by atoms with Crippen LogP contribution in [0.15, 0.2) is 180 Å². The summed E-state index contributed by atoms with van der Waals surface area (Å²) < 4.78 is 11.3. The number of thiophene rings is 2. The Morgan fingerprint density at radius 3 is 1.72 bits per heavy atom. The lowest BCUT2D eigenvalue weighted by molar-refractivity contribution is 0.669. The van der Waals surface area contributed by atoms with Crippen molar-refractivity contribution < 1.29 is 4.42 Å². The highest BCUT2D eigenvalue weighted by atomic mass is 32.1. The fraction of sp³-hybridized carbons (Fsp3) is 0. The Kier molecular flexibility index (Phi) is 7.24. The first-order chi connectivity index (χ1) is 28.2. The molecule has 4 nitrogen and oxygen atoms in total. The van der Waals surface area contributed by atoms with Gasteiger partial charge in [0.05, 0.1) is 0 Å². The molecule has 12 rings (SSSR count). The number of hydrogen-bond donors (Lipinski definition) is 0. The fourth-order valence-corrected chi connectivity index (χ4v) is 10.7. The highest BCUT2D eigenvalue weighted by molar-refractivity contribution is 7.27. The van der Waals surface area contributed by atoms with Gasteiger partial charge in [-0.25, -0.2) is 15.0 Å². The van der Waals surface area contributed by atoms with Gasteiger partial charge in [0.1, 0.15) is 11.2 Å². The number of rotatable bonds is 5. The zero-order chi connectivity index (χ0) is 37.5. The Morgan fingerprint density at radius 1 is 0.316 bits per heavy atom. The summed E-state index contributed by atoms with van der Waals surface area (Å²) in [5.74, 6) is 1.99. The number of fused-ring (bicyclic) bond motifs is 9. The molecule has 8 aromatic carbocycles. The smallest absolute Gasteiger partial charge is 0.165 e. The lowest BCUT2D eigenvalue weighted by Crippen LogP contribution is -2.00. The zero-order valence-electron chi connectivity index (χ0n) is 30.3. The van der Waals surface area contributed by atoms with Crippen LogP contribution in [0.3, 0.4) is 0 Å². The molecule has 0 unspecified atom stereocenters. The van der Waals surface area contributed by atoms with Crippen LogP contribution >= 0.6 is 22.7 Å². The third kappa shape index (κ3) is 5.30. The molecule has 0 aliphatic heterocycles. The summed E-state index contributed by atoms with van der Waals surface area (Å²) in [7, 11) is 0. The molecule has 0 atom stereocenters. The average molecular weight is 764 g/mol. The van der Waals surface area contributed by atoms with Crippen molar-refractivity contribution in [3.63, 3.8) is 0 Å². The van der Waals surface area contributed by atoms with Gasteiger partial charge in [0.2, 0.25) is 0 Å². The third-order valence-corrected chi connectivity index (χ3v) is 13.4. The molecule has 4 aromatic heterocycles. The van der Waals surface area contributed by atoms with E-state index in [2.05, 4.69) is 127 Å². The van der Waals surface area contributed by atoms with Gasteiger partial charge >= 0.3 is 0 Å². The van der Waals surface area contributed by atoms with Crippen LogP contribution in [-0.4, -0.2) is 15.0 Å². The minimum Gasteiger partial charge on any atom is -0.456 e. The highest BCUT2D eigenvalue weighted by Gasteiger charge is 2.19. The maximum atomic E-state index is 6.34. The first-order valence-electron chi connectivity index (χ1n) is 18.9. The second kappa shape index (κ2) is 12.8. The molecule has 266 valence electrons. The van der Waals surface area contributed by atoms with Gasteiger partial charge in [-0.1, -0.05) is 127 Å². The van der Waals surface area contributed by atoms with Crippen molar-refractivity contribution in [3.05, 3.63) is 176 Å². The van der Waals surface area contributed by atoms with E-state index in [0.29, 0.717) is 17.5 Å². The van der Waals surface area contributed by atoms with Crippen molar-refractivity contribution in [2.75, 3.05) is 0 Å². The van der Waals surface area contributed by atoms with Crippen LogP contribution in [0.4, 0.5) is 0 Å². The molecule has 0 N–H and O–H groups in total. The SMILES string of the molecule is c1ccc(-c2nc(-c3ccccc3)nc(-c3cccc4c3sc3cc(-c5cc(-c6ccc7c(c6)oc6ccccc67)cc6c5sc5ccccc56)ccc34)n2)cc1. The topological polar surface area (TPSA) is 51.8 Å². The predicted octanol–water partition coefficient (Wildman–Crippen LogP) is 14.8. The zero-order valence-corrected chi connectivity index (χ0v) is 31.9. The first kappa shape index (κ1) is 32.3. The summed E-state index contributed by atoms with van der Waals surface area (Å²) in [4.78, 5) is 15.1. The summed E-state index contributed by atoms with van der Waals surface area (Å²) in [6, 6.07) is 62.1. The number of para-hydroxylation sites is 1. The van der Waals surface area contributed by atoms with E-state index in [-0.39, 0.29) is 0 Å². The number of benzene rings is 8. The van der Waals surface area contributed by atoms with E-state index in [9.17, 15) is 0 Å². The van der Waals surface area contributed by atoms with Crippen molar-refractivity contribution >= 4 is 85.0 Å². The van der Waals surface area contributed by atoms with Crippen LogP contribution in [0, 0.1) is 0 Å². The highest BCUT2D eigenvalue weighted by Crippen LogP contribution is 2.46. The van der Waals surface area contributed by atoms with Crippen molar-refractivity contribution in [2.45, 2.75) is 0 Å². The molecule has 57 heavy (non-hydrogen) atoms. The van der Waals surface area contributed by atoms with E-state index in [1.165, 1.54) is 52.3 Å². The third-order valence-electron chi connectivity index (χ3n) is 10.9. The summed E-state index contributed by atoms with van der Waals surface area (Å²) in [6.07, 6.45) is 0. The molecule has 0 radical (unpaired) electrons. The maximum Gasteiger partial charge on any atom is 0.165 e. The quantitative estimate of drug-likeness (QED) is 0.175. The van der Waals surface area contributed by atoms with E-state index < -0.39 is 0 Å². The van der Waals surface area contributed by atoms with Crippen LogP contribution < -0.4 is 0 Å². The Balaban J connectivity index is 1.04. The van der Waals surface area contributed by atoms with Gasteiger partial charge in [0, 0.05) is 73.4 Å². The molecule has 12 aromatic rings. The summed E-state index contributed by atoms with van der Waals surface area (Å²) in [6.45, 7) is 0. The minimum absolute atomic E-state index is 0.659. The lowest BCUT2D eigenvalue weighted by Gasteiger charge is -2.10. The first-order valence-corrected chi connectivity index (χ1v) is 20.6. The molecule has 0 aliphatic rings. The number of hydrogen-bond acceptors (Lipinski definition) is 6. The second-order valence-corrected chi connectivity index (χ2v) is 16.4. The molecule has 0 amide bonds. The number of nitrogens with zero attached hydrogens (tertiary/aromatic N) is 3. The maximum absolute atomic E-state index is 6.34. The summed E-state index contributed by atoms with van der Waals surface area (Å²) in [5.41, 5.74) is 9.45. The van der Waals surface area contributed by atoms with Crippen LogP contribution in [0.2, 0.25) is 0 Å². The second-order valence-electron chi connectivity index (χ2n) is 14.3. The van der Waals surface area contributed by atoms with Gasteiger partial charge in [-0.3, -0.25) is 0 Å². The Hall–Kier alpha value is -6.99. The molecule has 0 saturated heterocycles. The van der Waals surface area contributed by atoms with E-state index in [1.54, 1.807) is 11.3 Å². The van der Waals surface area contributed by atoms with Crippen molar-refractivity contribution in [3.8, 4) is 56.4 Å². The average Bonchev–Trinajstić information content (AvgIpc) is 3.97. The monoisotopic (exact) mass is 763 g/mol. The van der Waals surface area contributed by atoms with Crippen LogP contribution in [0.25, 0.3) is 119 Å². The standard InChI is InChI=1S/C51H29N3OS2/c1-3-12-30(13-4-1)49-52-50(31-14-5-2-6-15-31)54-51(53-49)40-19-11-18-39-38-25-23-33(29-46(38)57-47(39)40)41-26-34(27-42-37-17-8-10-21-45(37)56-48(41)42)32-22-24-36-35-16-7-9-20-43(35)55-44(36)28-32/h1-29H. The van der Waals surface area contributed by atoms with E-state index in [1.807, 2.05) is 59.9 Å². The van der Waals surface area contributed by atoms with Crippen LogP contribution in [-0.2, 0) is 0 Å². The molecule has 0 spiro atoms. The molecule has 0 saturated carbocycles. The van der Waals surface area contributed by atoms with Gasteiger partial charge in [-0.05, 0) is 65.2 Å². The normalized spacial score (nSPS) is 11.9. The lowest BCUT2D eigenvalue weighted by atomic mass is 9.95. The fourth-order valence-electron chi connectivity index (χ4n) is 8.18. The van der Waals surface area contributed by atoms with Gasteiger partial charge in [-0.15, -0.1) is 22.7 Å². The van der Waals surface area contributed by atoms with E-state index in [4.69, 9.17) is 19.4 Å². The van der Waals surface area contributed by atoms with Gasteiger partial charge in [0.25, 0.3) is 0 Å². The largest absolute Gasteiger partial charge is 0.456 e. The molecule has 4 heterocycles. The molecular formula is C51H29N3OS2. The summed E-state index contributed by atoms with van der Waals surface area (Å²) >= 11 is 3.66. The van der Waals surface area contributed by atoms with Crippen molar-refractivity contribution in [1.29, 1.82) is 0 Å². The van der Waals surface area contributed by atoms with Crippen LogP contribution in [0.1, 0.15) is 0 Å². The summed E-state index contributed by atoms with van der Waals surface area (Å²) in [5, 5.41) is 7.24. The van der Waals surface area contributed by atoms with Gasteiger partial charge in [0.15, 0.2) is 17.5 Å². The molecule has 6 heteroatoms. The predicted molar refractivity (Wildman–Crippen MR) is 240 cm³/mol. The molecule has 0 fully saturated rings. The van der Waals surface area contributed by atoms with E-state index in [0.717, 1.165) is 48.9 Å². The Labute approximate surface area is 335 Å². The Bertz CT molecular complexity index is 3470. The minimum atomic E-state index is 0.659. The number of furan rings is 1. The van der Waals surface area contributed by atoms with Crippen molar-refractivity contribution in [1.82, 2.24) is 15.0 Å².